The molecule has 0 saturated carbocycles. The smallest absolute Gasteiger partial charge is 0.362 e. The molecular weight excluding hydrogens is 349 g/mol. The molecule has 0 aliphatic carbocycles. The van der Waals surface area contributed by atoms with Crippen LogP contribution in [0, 0.1) is 13.8 Å². The van der Waals surface area contributed by atoms with Gasteiger partial charge in [0.2, 0.25) is 0 Å². The fourth-order valence-electron chi connectivity index (χ4n) is 2.71. The molecule has 1 aromatic heterocycles. The molecule has 1 aliphatic heterocycles. The Morgan fingerprint density at radius 3 is 2.42 bits per heavy atom. The Kier molecular flexibility index (Phi) is 4.71. The topological polar surface area (TPSA) is 70.7 Å². The van der Waals surface area contributed by atoms with Crippen LogP contribution in [-0.4, -0.2) is 43.4 Å². The molecule has 2 rings (SSSR count). The van der Waals surface area contributed by atoms with Crippen LogP contribution in [0.25, 0.3) is 0 Å². The minimum Gasteiger partial charge on any atom is -0.362 e. The van der Waals surface area contributed by atoms with E-state index in [-0.39, 0.29) is 17.1 Å². The first-order chi connectivity index (χ1) is 10.9. The second-order valence-corrected chi connectivity index (χ2v) is 6.21. The van der Waals surface area contributed by atoms with Crippen LogP contribution in [0.15, 0.2) is 5.10 Å². The molecule has 0 radical (unpaired) electrons. The number of carbonyl (C=O) groups excluding carboxylic acids is 1. The molecule has 2 heterocycles. The fourth-order valence-corrected chi connectivity index (χ4v) is 2.84. The maximum atomic E-state index is 13.3. The molecule has 6 nitrogen and oxygen atoms in total. The highest BCUT2D eigenvalue weighted by molar-refractivity contribution is 6.31. The number of hydrogen-bond acceptors (Lipinski definition) is 4. The SMILES string of the molecule is CC[C@H](C(=O)N1N=C(C)C[C@@]1(O)C(F)(F)F)n1nc(C)c(Cl)c1C. The lowest BCUT2D eigenvalue weighted by molar-refractivity contribution is -0.303. The number of rotatable bonds is 3. The van der Waals surface area contributed by atoms with Crippen molar-refractivity contribution in [3.05, 3.63) is 16.4 Å². The minimum absolute atomic E-state index is 0.0180. The highest BCUT2D eigenvalue weighted by atomic mass is 35.5. The first-order valence-corrected chi connectivity index (χ1v) is 7.70. The molecule has 24 heavy (non-hydrogen) atoms. The molecule has 0 aromatic carbocycles. The Hall–Kier alpha value is -1.61. The molecule has 0 bridgehead atoms. The average Bonchev–Trinajstić information content (AvgIpc) is 2.92. The monoisotopic (exact) mass is 366 g/mol. The highest BCUT2D eigenvalue weighted by Crippen LogP contribution is 2.41. The number of nitrogens with zero attached hydrogens (tertiary/aromatic N) is 4. The fraction of sp³-hybridized carbons (Fsp3) is 0.643. The van der Waals surface area contributed by atoms with Crippen molar-refractivity contribution >= 4 is 23.2 Å². The zero-order chi connectivity index (χ0) is 18.4. The van der Waals surface area contributed by atoms with E-state index in [2.05, 4.69) is 10.2 Å². The van der Waals surface area contributed by atoms with Gasteiger partial charge in [-0.05, 0) is 27.2 Å². The number of alkyl halides is 3. The van der Waals surface area contributed by atoms with Crippen LogP contribution in [0.3, 0.4) is 0 Å². The van der Waals surface area contributed by atoms with Gasteiger partial charge in [0.1, 0.15) is 6.04 Å². The standard InChI is InChI=1S/C14H18ClF3N4O2/c1-5-10(21-9(4)11(15)8(3)20-21)12(23)22-13(24,14(16,17)18)6-7(2)19-22/h10,24H,5-6H2,1-4H3/t10-,13-/m1/s1. The third-order valence-electron chi connectivity index (χ3n) is 3.99. The van der Waals surface area contributed by atoms with Crippen molar-refractivity contribution in [3.63, 3.8) is 0 Å². The molecule has 2 atom stereocenters. The molecule has 1 aromatic rings. The number of carbonyl (C=O) groups is 1. The summed E-state index contributed by atoms with van der Waals surface area (Å²) in [5.41, 5.74) is -2.40. The van der Waals surface area contributed by atoms with Crippen LogP contribution >= 0.6 is 11.6 Å². The molecule has 0 spiro atoms. The second-order valence-electron chi connectivity index (χ2n) is 5.83. The average molecular weight is 367 g/mol. The van der Waals surface area contributed by atoms with Crippen molar-refractivity contribution in [2.45, 2.75) is 58.5 Å². The van der Waals surface area contributed by atoms with Gasteiger partial charge in [0.25, 0.3) is 11.6 Å². The summed E-state index contributed by atoms with van der Waals surface area (Å²) in [7, 11) is 0. The first kappa shape index (κ1) is 18.7. The van der Waals surface area contributed by atoms with Crippen molar-refractivity contribution in [1.82, 2.24) is 14.8 Å². The van der Waals surface area contributed by atoms with Gasteiger partial charge in [-0.1, -0.05) is 18.5 Å². The summed E-state index contributed by atoms with van der Waals surface area (Å²) < 4.78 is 41.1. The molecule has 1 N–H and O–H groups in total. The maximum absolute atomic E-state index is 13.3. The second kappa shape index (κ2) is 6.03. The largest absolute Gasteiger partial charge is 0.438 e. The molecule has 10 heteroatoms. The van der Waals surface area contributed by atoms with E-state index in [1.165, 1.54) is 11.6 Å². The summed E-state index contributed by atoms with van der Waals surface area (Å²) in [4.78, 5) is 12.7. The molecule has 0 fully saturated rings. The molecule has 1 aliphatic rings. The van der Waals surface area contributed by atoms with E-state index < -0.39 is 30.3 Å². The minimum atomic E-state index is -5.03. The van der Waals surface area contributed by atoms with Crippen LogP contribution in [0.5, 0.6) is 0 Å². The maximum Gasteiger partial charge on any atom is 0.438 e. The van der Waals surface area contributed by atoms with Crippen molar-refractivity contribution in [3.8, 4) is 0 Å². The summed E-state index contributed by atoms with van der Waals surface area (Å²) in [6.07, 6.45) is -5.65. The lowest BCUT2D eigenvalue weighted by atomic mass is 10.1. The third-order valence-corrected chi connectivity index (χ3v) is 4.54. The van der Waals surface area contributed by atoms with Crippen LogP contribution in [0.4, 0.5) is 13.2 Å². The zero-order valence-electron chi connectivity index (χ0n) is 13.6. The number of aromatic nitrogens is 2. The number of halogens is 4. The van der Waals surface area contributed by atoms with Gasteiger partial charge in [-0.25, -0.2) is 0 Å². The van der Waals surface area contributed by atoms with E-state index >= 15 is 0 Å². The molecule has 0 saturated heterocycles. The van der Waals surface area contributed by atoms with Gasteiger partial charge < -0.3 is 5.11 Å². The third kappa shape index (κ3) is 2.79. The Balaban J connectivity index is 2.46. The Labute approximate surface area is 141 Å². The molecule has 134 valence electrons. The van der Waals surface area contributed by atoms with Gasteiger partial charge in [-0.3, -0.25) is 9.48 Å². The summed E-state index contributed by atoms with van der Waals surface area (Å²) in [6, 6.07) is -1.06. The molecular formula is C14H18ClF3N4O2. The van der Waals surface area contributed by atoms with E-state index in [9.17, 15) is 23.1 Å². The van der Waals surface area contributed by atoms with Crippen molar-refractivity contribution < 1.29 is 23.1 Å². The quantitative estimate of drug-likeness (QED) is 0.894. The van der Waals surface area contributed by atoms with Crippen LogP contribution < -0.4 is 0 Å². The normalized spacial score (nSPS) is 22.7. The van der Waals surface area contributed by atoms with Crippen LogP contribution in [0.1, 0.15) is 44.1 Å². The van der Waals surface area contributed by atoms with Crippen molar-refractivity contribution in [2.24, 2.45) is 5.10 Å². The predicted octanol–water partition coefficient (Wildman–Crippen LogP) is 2.96. The van der Waals surface area contributed by atoms with Gasteiger partial charge in [-0.2, -0.15) is 28.4 Å². The first-order valence-electron chi connectivity index (χ1n) is 7.32. The number of hydrogen-bond donors (Lipinski definition) is 1. The molecule has 0 unspecified atom stereocenters. The van der Waals surface area contributed by atoms with Crippen molar-refractivity contribution in [1.29, 1.82) is 0 Å². The van der Waals surface area contributed by atoms with E-state index in [0.717, 1.165) is 0 Å². The van der Waals surface area contributed by atoms with Crippen LogP contribution in [0.2, 0.25) is 5.02 Å². The van der Waals surface area contributed by atoms with Crippen molar-refractivity contribution in [2.75, 3.05) is 0 Å². The molecule has 1 amide bonds. The van der Waals surface area contributed by atoms with Gasteiger partial charge in [0.05, 0.1) is 16.4 Å². The zero-order valence-corrected chi connectivity index (χ0v) is 14.4. The van der Waals surface area contributed by atoms with E-state index in [4.69, 9.17) is 11.6 Å². The summed E-state index contributed by atoms with van der Waals surface area (Å²) in [5, 5.41) is 18.3. The number of amides is 1. The van der Waals surface area contributed by atoms with Gasteiger partial charge in [0, 0.05) is 12.1 Å². The van der Waals surface area contributed by atoms with E-state index in [1.807, 2.05) is 0 Å². The lowest BCUT2D eigenvalue weighted by Crippen LogP contribution is -2.58. The summed E-state index contributed by atoms with van der Waals surface area (Å²) in [5.74, 6) is -0.989. The van der Waals surface area contributed by atoms with Gasteiger partial charge >= 0.3 is 6.18 Å². The number of hydrazone groups is 1. The summed E-state index contributed by atoms with van der Waals surface area (Å²) >= 11 is 6.05. The number of aryl methyl sites for hydroxylation is 1. The van der Waals surface area contributed by atoms with Gasteiger partial charge in [-0.15, -0.1) is 0 Å². The lowest BCUT2D eigenvalue weighted by Gasteiger charge is -2.34. The van der Waals surface area contributed by atoms with E-state index in [1.54, 1.807) is 20.8 Å². The van der Waals surface area contributed by atoms with Gasteiger partial charge in [0.15, 0.2) is 0 Å². The Bertz CT molecular complexity index is 701. The number of aliphatic hydroxyl groups is 1. The van der Waals surface area contributed by atoms with E-state index in [0.29, 0.717) is 16.4 Å². The predicted molar refractivity (Wildman–Crippen MR) is 81.6 cm³/mol. The summed E-state index contributed by atoms with van der Waals surface area (Å²) in [6.45, 7) is 6.21. The Morgan fingerprint density at radius 1 is 1.42 bits per heavy atom. The van der Waals surface area contributed by atoms with Crippen LogP contribution in [-0.2, 0) is 4.79 Å². The Morgan fingerprint density at radius 2 is 2.00 bits per heavy atom. The highest BCUT2D eigenvalue weighted by Gasteiger charge is 2.63.